The highest BCUT2D eigenvalue weighted by atomic mass is 32.1. The molecular formula is C13H8F2OS. The van der Waals surface area contributed by atoms with Crippen molar-refractivity contribution in [1.29, 1.82) is 0 Å². The fraction of sp³-hybridized carbons (Fsp3) is 0. The first-order chi connectivity index (χ1) is 8.16. The second-order valence-electron chi connectivity index (χ2n) is 3.34. The fourth-order valence-corrected chi connectivity index (χ4v) is 1.94. The van der Waals surface area contributed by atoms with E-state index in [0.717, 1.165) is 17.0 Å². The predicted octanol–water partition coefficient (Wildman–Crippen LogP) is 3.92. The Balaban J connectivity index is 2.20. The van der Waals surface area contributed by atoms with E-state index in [0.29, 0.717) is 6.07 Å². The first kappa shape index (κ1) is 11.7. The number of thiophene rings is 1. The SMILES string of the molecule is O=C(C=Cc1cccs1)c1ccc(F)cc1F. The van der Waals surface area contributed by atoms with Crippen LogP contribution in [0.5, 0.6) is 0 Å². The molecule has 17 heavy (non-hydrogen) atoms. The topological polar surface area (TPSA) is 17.1 Å². The van der Waals surface area contributed by atoms with E-state index >= 15 is 0 Å². The van der Waals surface area contributed by atoms with Crippen molar-refractivity contribution >= 4 is 23.2 Å². The van der Waals surface area contributed by atoms with Gasteiger partial charge in [-0.25, -0.2) is 8.78 Å². The second-order valence-corrected chi connectivity index (χ2v) is 4.32. The summed E-state index contributed by atoms with van der Waals surface area (Å²) in [5.74, 6) is -2.01. The fourth-order valence-electron chi connectivity index (χ4n) is 1.32. The standard InChI is InChI=1S/C13H8F2OS/c14-9-3-5-11(12(15)8-9)13(16)6-4-10-2-1-7-17-10/h1-8H. The van der Waals surface area contributed by atoms with Crippen LogP contribution in [-0.2, 0) is 0 Å². The summed E-state index contributed by atoms with van der Waals surface area (Å²) < 4.78 is 25.9. The smallest absolute Gasteiger partial charge is 0.188 e. The van der Waals surface area contributed by atoms with Crippen molar-refractivity contribution in [3.05, 3.63) is 63.9 Å². The molecule has 4 heteroatoms. The van der Waals surface area contributed by atoms with Gasteiger partial charge in [-0.15, -0.1) is 11.3 Å². The highest BCUT2D eigenvalue weighted by molar-refractivity contribution is 7.10. The molecule has 0 spiro atoms. The Morgan fingerprint density at radius 1 is 1.24 bits per heavy atom. The van der Waals surface area contributed by atoms with Crippen LogP contribution in [0.15, 0.2) is 41.8 Å². The van der Waals surface area contributed by atoms with Gasteiger partial charge in [0.1, 0.15) is 11.6 Å². The summed E-state index contributed by atoms with van der Waals surface area (Å²) in [6, 6.07) is 6.61. The number of hydrogen-bond donors (Lipinski definition) is 0. The molecule has 0 saturated heterocycles. The van der Waals surface area contributed by atoms with Gasteiger partial charge < -0.3 is 0 Å². The van der Waals surface area contributed by atoms with E-state index in [1.54, 1.807) is 6.08 Å². The maximum absolute atomic E-state index is 13.3. The molecule has 0 saturated carbocycles. The molecule has 2 aromatic rings. The van der Waals surface area contributed by atoms with Gasteiger partial charge in [0.05, 0.1) is 5.56 Å². The van der Waals surface area contributed by atoms with Crippen molar-refractivity contribution in [2.75, 3.05) is 0 Å². The molecule has 1 aromatic carbocycles. The van der Waals surface area contributed by atoms with E-state index < -0.39 is 17.4 Å². The molecule has 0 radical (unpaired) electrons. The first-order valence-electron chi connectivity index (χ1n) is 4.88. The molecule has 0 N–H and O–H groups in total. The number of carbonyl (C=O) groups is 1. The van der Waals surface area contributed by atoms with Crippen molar-refractivity contribution < 1.29 is 13.6 Å². The van der Waals surface area contributed by atoms with Crippen LogP contribution >= 0.6 is 11.3 Å². The normalized spacial score (nSPS) is 10.9. The lowest BCUT2D eigenvalue weighted by molar-refractivity contribution is 0.104. The van der Waals surface area contributed by atoms with Gasteiger partial charge in [0, 0.05) is 10.9 Å². The number of carbonyl (C=O) groups excluding carboxylic acids is 1. The Bertz CT molecular complexity index is 559. The molecule has 0 bridgehead atoms. The molecule has 0 atom stereocenters. The van der Waals surface area contributed by atoms with Gasteiger partial charge >= 0.3 is 0 Å². The van der Waals surface area contributed by atoms with Crippen LogP contribution in [0.4, 0.5) is 8.78 Å². The van der Waals surface area contributed by atoms with Crippen LogP contribution in [-0.4, -0.2) is 5.78 Å². The number of hydrogen-bond acceptors (Lipinski definition) is 2. The molecule has 0 amide bonds. The van der Waals surface area contributed by atoms with E-state index in [1.807, 2.05) is 17.5 Å². The third-order valence-electron chi connectivity index (χ3n) is 2.14. The van der Waals surface area contributed by atoms with E-state index in [1.165, 1.54) is 17.4 Å². The lowest BCUT2D eigenvalue weighted by atomic mass is 10.1. The third-order valence-corrected chi connectivity index (χ3v) is 2.98. The minimum absolute atomic E-state index is 0.126. The highest BCUT2D eigenvalue weighted by Gasteiger charge is 2.09. The van der Waals surface area contributed by atoms with Crippen molar-refractivity contribution in [2.45, 2.75) is 0 Å². The summed E-state index contributed by atoms with van der Waals surface area (Å²) in [5.41, 5.74) is -0.126. The quantitative estimate of drug-likeness (QED) is 0.596. The molecule has 1 heterocycles. The Labute approximate surface area is 101 Å². The molecule has 0 aliphatic rings. The third kappa shape index (κ3) is 2.85. The number of rotatable bonds is 3. The van der Waals surface area contributed by atoms with Gasteiger partial charge in [-0.2, -0.15) is 0 Å². The number of ketones is 1. The Kier molecular flexibility index (Phi) is 3.44. The average molecular weight is 250 g/mol. The highest BCUT2D eigenvalue weighted by Crippen LogP contribution is 2.14. The van der Waals surface area contributed by atoms with Crippen LogP contribution in [0, 0.1) is 11.6 Å². The van der Waals surface area contributed by atoms with E-state index in [9.17, 15) is 13.6 Å². The van der Waals surface area contributed by atoms with Gasteiger partial charge in [0.15, 0.2) is 5.78 Å². The van der Waals surface area contributed by atoms with E-state index in [-0.39, 0.29) is 5.56 Å². The molecule has 0 aliphatic carbocycles. The van der Waals surface area contributed by atoms with Crippen molar-refractivity contribution in [3.8, 4) is 0 Å². The summed E-state index contributed by atoms with van der Waals surface area (Å²) >= 11 is 1.47. The monoisotopic (exact) mass is 250 g/mol. The Morgan fingerprint density at radius 3 is 2.71 bits per heavy atom. The zero-order chi connectivity index (χ0) is 12.3. The van der Waals surface area contributed by atoms with Gasteiger partial charge in [-0.05, 0) is 35.7 Å². The maximum atomic E-state index is 13.3. The molecule has 0 unspecified atom stereocenters. The average Bonchev–Trinajstić information content (AvgIpc) is 2.78. The molecular weight excluding hydrogens is 242 g/mol. The van der Waals surface area contributed by atoms with Crippen molar-refractivity contribution in [1.82, 2.24) is 0 Å². The lowest BCUT2D eigenvalue weighted by Gasteiger charge is -1.97. The van der Waals surface area contributed by atoms with Crippen LogP contribution in [0.3, 0.4) is 0 Å². The van der Waals surface area contributed by atoms with Gasteiger partial charge in [-0.3, -0.25) is 4.79 Å². The van der Waals surface area contributed by atoms with Gasteiger partial charge in [-0.1, -0.05) is 6.07 Å². The minimum Gasteiger partial charge on any atom is -0.289 e. The molecule has 0 fully saturated rings. The second kappa shape index (κ2) is 5.01. The summed E-state index contributed by atoms with van der Waals surface area (Å²) in [4.78, 5) is 12.5. The van der Waals surface area contributed by atoms with Crippen LogP contribution < -0.4 is 0 Å². The van der Waals surface area contributed by atoms with Crippen LogP contribution in [0.25, 0.3) is 6.08 Å². The Morgan fingerprint density at radius 2 is 2.06 bits per heavy atom. The van der Waals surface area contributed by atoms with Gasteiger partial charge in [0.25, 0.3) is 0 Å². The molecule has 0 aliphatic heterocycles. The van der Waals surface area contributed by atoms with Crippen molar-refractivity contribution in [3.63, 3.8) is 0 Å². The zero-order valence-electron chi connectivity index (χ0n) is 8.69. The summed E-state index contributed by atoms with van der Waals surface area (Å²) in [6.45, 7) is 0. The molecule has 1 nitrogen and oxygen atoms in total. The zero-order valence-corrected chi connectivity index (χ0v) is 9.51. The summed E-state index contributed by atoms with van der Waals surface area (Å²) in [6.07, 6.45) is 2.89. The van der Waals surface area contributed by atoms with Gasteiger partial charge in [0.2, 0.25) is 0 Å². The van der Waals surface area contributed by atoms with E-state index in [4.69, 9.17) is 0 Å². The summed E-state index contributed by atoms with van der Waals surface area (Å²) in [7, 11) is 0. The maximum Gasteiger partial charge on any atom is 0.188 e. The molecule has 2 rings (SSSR count). The minimum atomic E-state index is -0.842. The number of halogens is 2. The summed E-state index contributed by atoms with van der Waals surface area (Å²) in [5, 5.41) is 1.88. The van der Waals surface area contributed by atoms with Crippen LogP contribution in [0.1, 0.15) is 15.2 Å². The Hall–Kier alpha value is -1.81. The molecule has 86 valence electrons. The number of benzene rings is 1. The molecule has 1 aromatic heterocycles. The van der Waals surface area contributed by atoms with E-state index in [2.05, 4.69) is 0 Å². The predicted molar refractivity (Wildman–Crippen MR) is 64.0 cm³/mol. The largest absolute Gasteiger partial charge is 0.289 e. The lowest BCUT2D eigenvalue weighted by Crippen LogP contribution is -1.98. The van der Waals surface area contributed by atoms with Crippen LogP contribution in [0.2, 0.25) is 0 Å². The number of allylic oxidation sites excluding steroid dienone is 1. The first-order valence-corrected chi connectivity index (χ1v) is 5.76. The van der Waals surface area contributed by atoms with Crippen molar-refractivity contribution in [2.24, 2.45) is 0 Å².